The predicted molar refractivity (Wildman–Crippen MR) is 57.8 cm³/mol. The molecular weight excluding hydrogens is 192 g/mol. The van der Waals surface area contributed by atoms with Gasteiger partial charge in [-0.15, -0.1) is 0 Å². The monoisotopic (exact) mass is 214 g/mol. The highest BCUT2D eigenvalue weighted by Crippen LogP contribution is 2.28. The maximum absolute atomic E-state index is 9.65. The standard InChI is InChI=1S/C12H22O3/c13-12-3-1-2-10(12)4-9-15-11-5-7-14-8-6-11/h10-13H,1-9H2. The lowest BCUT2D eigenvalue weighted by Crippen LogP contribution is -2.25. The zero-order valence-corrected chi connectivity index (χ0v) is 9.36. The van der Waals surface area contributed by atoms with Gasteiger partial charge in [0.2, 0.25) is 0 Å². The van der Waals surface area contributed by atoms with Gasteiger partial charge >= 0.3 is 0 Å². The molecule has 1 heterocycles. The second-order valence-electron chi connectivity index (χ2n) is 4.73. The van der Waals surface area contributed by atoms with Gasteiger partial charge in [0, 0.05) is 19.8 Å². The third kappa shape index (κ3) is 3.44. The summed E-state index contributed by atoms with van der Waals surface area (Å²) in [4.78, 5) is 0. The number of hydrogen-bond donors (Lipinski definition) is 1. The van der Waals surface area contributed by atoms with E-state index in [4.69, 9.17) is 9.47 Å². The molecule has 2 aliphatic rings. The fourth-order valence-corrected chi connectivity index (χ4v) is 2.58. The Morgan fingerprint density at radius 2 is 1.93 bits per heavy atom. The molecule has 0 spiro atoms. The van der Waals surface area contributed by atoms with Crippen molar-refractivity contribution in [3.05, 3.63) is 0 Å². The van der Waals surface area contributed by atoms with E-state index in [2.05, 4.69) is 0 Å². The van der Waals surface area contributed by atoms with Gasteiger partial charge in [-0.25, -0.2) is 0 Å². The summed E-state index contributed by atoms with van der Waals surface area (Å²) >= 11 is 0. The number of hydrogen-bond acceptors (Lipinski definition) is 3. The molecule has 0 radical (unpaired) electrons. The zero-order valence-electron chi connectivity index (χ0n) is 9.36. The van der Waals surface area contributed by atoms with E-state index >= 15 is 0 Å². The Kier molecular flexibility index (Phi) is 4.42. The number of aliphatic hydroxyl groups excluding tert-OH is 1. The molecule has 1 aliphatic carbocycles. The lowest BCUT2D eigenvalue weighted by Gasteiger charge is -2.23. The topological polar surface area (TPSA) is 38.7 Å². The molecule has 1 saturated carbocycles. The van der Waals surface area contributed by atoms with Crippen LogP contribution in [0.25, 0.3) is 0 Å². The second kappa shape index (κ2) is 5.83. The Bertz CT molecular complexity index is 178. The second-order valence-corrected chi connectivity index (χ2v) is 4.73. The van der Waals surface area contributed by atoms with Gasteiger partial charge in [0.25, 0.3) is 0 Å². The molecule has 15 heavy (non-hydrogen) atoms. The molecule has 2 atom stereocenters. The number of aliphatic hydroxyl groups is 1. The molecule has 3 heteroatoms. The van der Waals surface area contributed by atoms with Crippen LogP contribution in [0.4, 0.5) is 0 Å². The molecule has 0 aromatic rings. The number of rotatable bonds is 4. The van der Waals surface area contributed by atoms with Gasteiger partial charge in [-0.05, 0) is 38.0 Å². The Morgan fingerprint density at radius 1 is 1.13 bits per heavy atom. The first-order chi connectivity index (χ1) is 7.36. The van der Waals surface area contributed by atoms with Crippen molar-refractivity contribution in [1.82, 2.24) is 0 Å². The van der Waals surface area contributed by atoms with E-state index in [1.54, 1.807) is 0 Å². The van der Waals surface area contributed by atoms with E-state index in [0.29, 0.717) is 12.0 Å². The predicted octanol–water partition coefficient (Wildman–Crippen LogP) is 1.73. The van der Waals surface area contributed by atoms with E-state index in [1.807, 2.05) is 0 Å². The maximum atomic E-state index is 9.65. The molecule has 2 fully saturated rings. The van der Waals surface area contributed by atoms with Crippen molar-refractivity contribution in [2.75, 3.05) is 19.8 Å². The van der Waals surface area contributed by atoms with Crippen molar-refractivity contribution in [3.8, 4) is 0 Å². The molecule has 2 unspecified atom stereocenters. The first-order valence-corrected chi connectivity index (χ1v) is 6.23. The third-order valence-electron chi connectivity index (χ3n) is 3.63. The molecule has 3 nitrogen and oxygen atoms in total. The van der Waals surface area contributed by atoms with Crippen LogP contribution < -0.4 is 0 Å². The average molecular weight is 214 g/mol. The van der Waals surface area contributed by atoms with Crippen LogP contribution in [0.5, 0.6) is 0 Å². The molecule has 0 aromatic heterocycles. The fraction of sp³-hybridized carbons (Fsp3) is 1.00. The molecular formula is C12H22O3. The first kappa shape index (κ1) is 11.4. The van der Waals surface area contributed by atoms with Crippen molar-refractivity contribution in [1.29, 1.82) is 0 Å². The van der Waals surface area contributed by atoms with E-state index in [1.165, 1.54) is 12.8 Å². The van der Waals surface area contributed by atoms with Crippen LogP contribution in [0.1, 0.15) is 38.5 Å². The summed E-state index contributed by atoms with van der Waals surface area (Å²) in [6.07, 6.45) is 6.78. The molecule has 1 aliphatic heterocycles. The smallest absolute Gasteiger partial charge is 0.0619 e. The third-order valence-corrected chi connectivity index (χ3v) is 3.63. The van der Waals surface area contributed by atoms with Crippen molar-refractivity contribution < 1.29 is 14.6 Å². The SMILES string of the molecule is OC1CCCC1CCOC1CCOCC1. The molecule has 0 aromatic carbocycles. The summed E-state index contributed by atoms with van der Waals surface area (Å²) in [5.74, 6) is 0.491. The Balaban J connectivity index is 1.57. The summed E-state index contributed by atoms with van der Waals surface area (Å²) in [7, 11) is 0. The molecule has 0 bridgehead atoms. The molecule has 1 saturated heterocycles. The minimum absolute atomic E-state index is 0.0664. The summed E-state index contributed by atoms with van der Waals surface area (Å²) in [6.45, 7) is 2.50. The normalized spacial score (nSPS) is 33.4. The lowest BCUT2D eigenvalue weighted by atomic mass is 10.0. The van der Waals surface area contributed by atoms with Gasteiger partial charge in [-0.2, -0.15) is 0 Å². The summed E-state index contributed by atoms with van der Waals surface area (Å²) in [6, 6.07) is 0. The summed E-state index contributed by atoms with van der Waals surface area (Å²) in [5, 5.41) is 9.65. The van der Waals surface area contributed by atoms with Gasteiger partial charge in [0.1, 0.15) is 0 Å². The Morgan fingerprint density at radius 3 is 2.60 bits per heavy atom. The lowest BCUT2D eigenvalue weighted by molar-refractivity contribution is -0.0382. The molecule has 1 N–H and O–H groups in total. The van der Waals surface area contributed by atoms with Crippen LogP contribution in [-0.2, 0) is 9.47 Å². The van der Waals surface area contributed by atoms with Crippen molar-refractivity contribution in [2.24, 2.45) is 5.92 Å². The van der Waals surface area contributed by atoms with Crippen molar-refractivity contribution in [3.63, 3.8) is 0 Å². The van der Waals surface area contributed by atoms with Gasteiger partial charge < -0.3 is 14.6 Å². The molecule has 2 rings (SSSR count). The van der Waals surface area contributed by atoms with Gasteiger partial charge in [-0.1, -0.05) is 6.42 Å². The number of ether oxygens (including phenoxy) is 2. The summed E-state index contributed by atoms with van der Waals surface area (Å²) in [5.41, 5.74) is 0. The zero-order chi connectivity index (χ0) is 10.5. The van der Waals surface area contributed by atoms with E-state index < -0.39 is 0 Å². The molecule has 0 amide bonds. The quantitative estimate of drug-likeness (QED) is 0.774. The van der Waals surface area contributed by atoms with E-state index in [0.717, 1.165) is 45.5 Å². The van der Waals surface area contributed by atoms with Crippen LogP contribution >= 0.6 is 0 Å². The fourth-order valence-electron chi connectivity index (χ4n) is 2.58. The largest absolute Gasteiger partial charge is 0.393 e. The van der Waals surface area contributed by atoms with Crippen LogP contribution in [0, 0.1) is 5.92 Å². The Hall–Kier alpha value is -0.120. The van der Waals surface area contributed by atoms with Gasteiger partial charge in [0.15, 0.2) is 0 Å². The van der Waals surface area contributed by atoms with E-state index in [-0.39, 0.29) is 6.10 Å². The average Bonchev–Trinajstić information content (AvgIpc) is 2.66. The first-order valence-electron chi connectivity index (χ1n) is 6.23. The van der Waals surface area contributed by atoms with E-state index in [9.17, 15) is 5.11 Å². The highest BCUT2D eigenvalue weighted by Gasteiger charge is 2.25. The van der Waals surface area contributed by atoms with Crippen LogP contribution in [0.2, 0.25) is 0 Å². The Labute approximate surface area is 91.8 Å². The van der Waals surface area contributed by atoms with Gasteiger partial charge in [0.05, 0.1) is 12.2 Å². The van der Waals surface area contributed by atoms with Crippen LogP contribution in [-0.4, -0.2) is 37.1 Å². The minimum Gasteiger partial charge on any atom is -0.393 e. The minimum atomic E-state index is -0.0664. The van der Waals surface area contributed by atoms with Crippen LogP contribution in [0.15, 0.2) is 0 Å². The van der Waals surface area contributed by atoms with Crippen molar-refractivity contribution >= 4 is 0 Å². The molecule has 88 valence electrons. The van der Waals surface area contributed by atoms with Crippen molar-refractivity contribution in [2.45, 2.75) is 50.7 Å². The van der Waals surface area contributed by atoms with Crippen LogP contribution in [0.3, 0.4) is 0 Å². The summed E-state index contributed by atoms with van der Waals surface area (Å²) < 4.78 is 11.1. The maximum Gasteiger partial charge on any atom is 0.0619 e. The highest BCUT2D eigenvalue weighted by molar-refractivity contribution is 4.76. The van der Waals surface area contributed by atoms with Gasteiger partial charge in [-0.3, -0.25) is 0 Å². The highest BCUT2D eigenvalue weighted by atomic mass is 16.5.